The van der Waals surface area contributed by atoms with E-state index in [0.29, 0.717) is 5.69 Å². The average Bonchev–Trinajstić information content (AvgIpc) is 2.75. The number of sulfonamides is 1. The minimum absolute atomic E-state index is 0.0133. The van der Waals surface area contributed by atoms with Gasteiger partial charge in [0.25, 0.3) is 0 Å². The van der Waals surface area contributed by atoms with E-state index in [2.05, 4.69) is 34.4 Å². The maximum absolute atomic E-state index is 12.8. The molecule has 2 atom stereocenters. The van der Waals surface area contributed by atoms with Gasteiger partial charge in [0, 0.05) is 12.6 Å². The van der Waals surface area contributed by atoms with Gasteiger partial charge >= 0.3 is 0 Å². The number of hydrogen-bond donors (Lipinski definition) is 3. The maximum atomic E-state index is 12.8. The summed E-state index contributed by atoms with van der Waals surface area (Å²) in [5, 5.41) is 5.57. The second kappa shape index (κ2) is 12.0. The maximum Gasteiger partial charge on any atom is 0.241 e. The molecule has 33 heavy (non-hydrogen) atoms. The first-order chi connectivity index (χ1) is 15.5. The highest BCUT2D eigenvalue weighted by Crippen LogP contribution is 2.23. The SMILES string of the molecule is CCCCc1ccc(C(NC(=O)[C@H](C)NS(=O)(=O)c2ccc(NC(C)=O)cc2)C(C)C)cc1. The Morgan fingerprint density at radius 3 is 2.06 bits per heavy atom. The number of carbonyl (C=O) groups excluding carboxylic acids is 2. The summed E-state index contributed by atoms with van der Waals surface area (Å²) in [5.74, 6) is -0.521. The smallest absolute Gasteiger partial charge is 0.241 e. The van der Waals surface area contributed by atoms with E-state index in [9.17, 15) is 18.0 Å². The van der Waals surface area contributed by atoms with Crippen LogP contribution in [-0.2, 0) is 26.0 Å². The molecule has 0 radical (unpaired) electrons. The number of anilines is 1. The Balaban J connectivity index is 2.06. The van der Waals surface area contributed by atoms with E-state index in [1.165, 1.54) is 43.7 Å². The van der Waals surface area contributed by atoms with Crippen LogP contribution in [0.4, 0.5) is 5.69 Å². The highest BCUT2D eigenvalue weighted by atomic mass is 32.2. The monoisotopic (exact) mass is 473 g/mol. The van der Waals surface area contributed by atoms with Crippen LogP contribution in [0, 0.1) is 5.92 Å². The zero-order valence-corrected chi connectivity index (χ0v) is 20.8. The fraction of sp³-hybridized carbons (Fsp3) is 0.440. The largest absolute Gasteiger partial charge is 0.348 e. The van der Waals surface area contributed by atoms with Crippen molar-refractivity contribution in [3.63, 3.8) is 0 Å². The molecule has 0 aliphatic carbocycles. The lowest BCUT2D eigenvalue weighted by Crippen LogP contribution is -2.46. The lowest BCUT2D eigenvalue weighted by atomic mass is 9.94. The van der Waals surface area contributed by atoms with Gasteiger partial charge in [0.05, 0.1) is 17.0 Å². The van der Waals surface area contributed by atoms with Crippen LogP contribution in [0.3, 0.4) is 0 Å². The lowest BCUT2D eigenvalue weighted by molar-refractivity contribution is -0.123. The summed E-state index contributed by atoms with van der Waals surface area (Å²) in [7, 11) is -3.91. The highest BCUT2D eigenvalue weighted by molar-refractivity contribution is 7.89. The molecule has 180 valence electrons. The van der Waals surface area contributed by atoms with Crippen LogP contribution in [0.15, 0.2) is 53.4 Å². The molecule has 0 saturated carbocycles. The van der Waals surface area contributed by atoms with Crippen molar-refractivity contribution in [1.82, 2.24) is 10.0 Å². The van der Waals surface area contributed by atoms with Gasteiger partial charge in [0.15, 0.2) is 0 Å². The van der Waals surface area contributed by atoms with E-state index >= 15 is 0 Å². The Bertz CT molecular complexity index is 1030. The van der Waals surface area contributed by atoms with Crippen molar-refractivity contribution < 1.29 is 18.0 Å². The summed E-state index contributed by atoms with van der Waals surface area (Å²) in [6.07, 6.45) is 3.30. The van der Waals surface area contributed by atoms with Gasteiger partial charge in [0.1, 0.15) is 0 Å². The van der Waals surface area contributed by atoms with Gasteiger partial charge in [-0.05, 0) is 61.1 Å². The Morgan fingerprint density at radius 1 is 0.939 bits per heavy atom. The first kappa shape index (κ1) is 26.5. The van der Waals surface area contributed by atoms with E-state index in [4.69, 9.17) is 0 Å². The standard InChI is InChI=1S/C25H35N3O4S/c1-6-7-8-20-9-11-21(12-10-20)24(17(2)3)27-25(30)18(4)28-33(31,32)23-15-13-22(14-16-23)26-19(5)29/h9-18,24,28H,6-8H2,1-5H3,(H,26,29)(H,27,30)/t18-,24?/m0/s1. The fourth-order valence-corrected chi connectivity index (χ4v) is 4.66. The molecule has 0 spiro atoms. The minimum Gasteiger partial charge on any atom is -0.348 e. The second-order valence-electron chi connectivity index (χ2n) is 8.62. The number of unbranched alkanes of at least 4 members (excludes halogenated alkanes) is 1. The molecule has 3 N–H and O–H groups in total. The number of amides is 2. The molecular formula is C25H35N3O4S. The fourth-order valence-electron chi connectivity index (χ4n) is 3.46. The Hall–Kier alpha value is -2.71. The van der Waals surface area contributed by atoms with Crippen LogP contribution in [0.5, 0.6) is 0 Å². The van der Waals surface area contributed by atoms with Gasteiger partial charge in [-0.2, -0.15) is 4.72 Å². The van der Waals surface area contributed by atoms with Crippen molar-refractivity contribution in [3.8, 4) is 0 Å². The Morgan fingerprint density at radius 2 is 1.55 bits per heavy atom. The minimum atomic E-state index is -3.91. The highest BCUT2D eigenvalue weighted by Gasteiger charge is 2.25. The van der Waals surface area contributed by atoms with E-state index in [-0.39, 0.29) is 22.8 Å². The molecule has 2 aromatic rings. The molecule has 0 saturated heterocycles. The molecule has 0 aliphatic heterocycles. The van der Waals surface area contributed by atoms with E-state index < -0.39 is 22.0 Å². The van der Waals surface area contributed by atoms with Gasteiger partial charge in [-0.1, -0.05) is 51.5 Å². The van der Waals surface area contributed by atoms with E-state index in [0.717, 1.165) is 24.8 Å². The molecule has 2 amide bonds. The normalized spacial score (nSPS) is 13.4. The van der Waals surface area contributed by atoms with Crippen LogP contribution in [0.1, 0.15) is 64.6 Å². The number of carbonyl (C=O) groups is 2. The number of nitrogens with one attached hydrogen (secondary N) is 3. The Labute approximate surface area is 197 Å². The van der Waals surface area contributed by atoms with Crippen LogP contribution >= 0.6 is 0 Å². The van der Waals surface area contributed by atoms with Gasteiger partial charge in [-0.3, -0.25) is 9.59 Å². The zero-order valence-electron chi connectivity index (χ0n) is 20.0. The van der Waals surface area contributed by atoms with Crippen LogP contribution in [-0.4, -0.2) is 26.3 Å². The topological polar surface area (TPSA) is 104 Å². The summed E-state index contributed by atoms with van der Waals surface area (Å²) in [5.41, 5.74) is 2.75. The molecule has 1 unspecified atom stereocenters. The summed E-state index contributed by atoms with van der Waals surface area (Å²) < 4.78 is 27.9. The summed E-state index contributed by atoms with van der Waals surface area (Å²) in [4.78, 5) is 24.0. The van der Waals surface area contributed by atoms with Crippen molar-refractivity contribution in [1.29, 1.82) is 0 Å². The lowest BCUT2D eigenvalue weighted by Gasteiger charge is -2.25. The Kier molecular flexibility index (Phi) is 9.61. The molecule has 8 heteroatoms. The molecule has 0 aromatic heterocycles. The van der Waals surface area contributed by atoms with E-state index in [1.54, 1.807) is 0 Å². The third-order valence-corrected chi connectivity index (χ3v) is 6.89. The van der Waals surface area contributed by atoms with Crippen LogP contribution < -0.4 is 15.4 Å². The van der Waals surface area contributed by atoms with Crippen LogP contribution in [0.2, 0.25) is 0 Å². The molecule has 2 rings (SSSR count). The first-order valence-corrected chi connectivity index (χ1v) is 12.8. The van der Waals surface area contributed by atoms with E-state index in [1.807, 2.05) is 26.0 Å². The van der Waals surface area contributed by atoms with Crippen molar-refractivity contribution in [2.24, 2.45) is 5.92 Å². The van der Waals surface area contributed by atoms with Crippen molar-refractivity contribution >= 4 is 27.5 Å². The van der Waals surface area contributed by atoms with Gasteiger partial charge < -0.3 is 10.6 Å². The van der Waals surface area contributed by atoms with Crippen molar-refractivity contribution in [3.05, 3.63) is 59.7 Å². The second-order valence-corrected chi connectivity index (χ2v) is 10.3. The molecule has 0 aliphatic rings. The predicted octanol–water partition coefficient (Wildman–Crippen LogP) is 4.17. The van der Waals surface area contributed by atoms with Crippen molar-refractivity contribution in [2.45, 2.75) is 70.9 Å². The number of rotatable bonds is 11. The average molecular weight is 474 g/mol. The molecule has 0 heterocycles. The molecule has 0 fully saturated rings. The molecule has 0 bridgehead atoms. The molecule has 7 nitrogen and oxygen atoms in total. The zero-order chi connectivity index (χ0) is 24.6. The first-order valence-electron chi connectivity index (χ1n) is 11.3. The summed E-state index contributed by atoms with van der Waals surface area (Å²) in [6.45, 7) is 9.08. The third kappa shape index (κ3) is 7.98. The quantitative estimate of drug-likeness (QED) is 0.456. The predicted molar refractivity (Wildman–Crippen MR) is 131 cm³/mol. The van der Waals surface area contributed by atoms with Gasteiger partial charge in [0.2, 0.25) is 21.8 Å². The summed E-state index contributed by atoms with van der Waals surface area (Å²) in [6, 6.07) is 12.8. The van der Waals surface area contributed by atoms with Crippen LogP contribution in [0.25, 0.3) is 0 Å². The number of hydrogen-bond acceptors (Lipinski definition) is 4. The van der Waals surface area contributed by atoms with Gasteiger partial charge in [-0.25, -0.2) is 8.42 Å². The third-order valence-electron chi connectivity index (χ3n) is 5.33. The van der Waals surface area contributed by atoms with Gasteiger partial charge in [-0.15, -0.1) is 0 Å². The number of aryl methyl sites for hydroxylation is 1. The molecule has 2 aromatic carbocycles. The summed E-state index contributed by atoms with van der Waals surface area (Å²) >= 11 is 0. The number of benzene rings is 2. The van der Waals surface area contributed by atoms with Crippen molar-refractivity contribution in [2.75, 3.05) is 5.32 Å². The molecular weight excluding hydrogens is 438 g/mol.